The van der Waals surface area contributed by atoms with Crippen molar-refractivity contribution in [2.24, 2.45) is 5.92 Å². The number of carbonyl (C=O) groups is 2. The first-order valence-corrected chi connectivity index (χ1v) is 6.33. The summed E-state index contributed by atoms with van der Waals surface area (Å²) in [7, 11) is 1.54. The van der Waals surface area contributed by atoms with E-state index in [1.54, 1.807) is 7.11 Å². The maximum atomic E-state index is 12.1. The van der Waals surface area contributed by atoms with E-state index in [-0.39, 0.29) is 24.9 Å². The van der Waals surface area contributed by atoms with E-state index in [9.17, 15) is 14.7 Å². The second kappa shape index (κ2) is 6.72. The molecule has 1 rings (SSSR count). The van der Waals surface area contributed by atoms with Crippen LogP contribution in [0.15, 0.2) is 0 Å². The van der Waals surface area contributed by atoms with Crippen LogP contribution in [0.2, 0.25) is 0 Å². The predicted molar refractivity (Wildman–Crippen MR) is 67.8 cm³/mol. The normalized spacial score (nSPS) is 24.6. The second-order valence-corrected chi connectivity index (χ2v) is 5.15. The standard InChI is InChI=1S/C12H22N2O5/c1-7(2)9(6-19-3)13-12(18)14-5-8(15)4-10(14)11(16)17/h7-10,15H,4-6H2,1-3H3,(H,13,18)(H,16,17)/t8-,9?,10-/m1/s1. The Labute approximate surface area is 112 Å². The van der Waals surface area contributed by atoms with Gasteiger partial charge in [0.2, 0.25) is 0 Å². The number of carboxylic acids is 1. The van der Waals surface area contributed by atoms with Gasteiger partial charge < -0.3 is 25.2 Å². The molecule has 110 valence electrons. The minimum absolute atomic E-state index is 0.0423. The van der Waals surface area contributed by atoms with E-state index in [0.29, 0.717) is 6.61 Å². The number of rotatable bonds is 5. The van der Waals surface area contributed by atoms with Crippen LogP contribution in [0.1, 0.15) is 20.3 Å². The fraction of sp³-hybridized carbons (Fsp3) is 0.833. The molecule has 1 aliphatic rings. The molecule has 7 nitrogen and oxygen atoms in total. The average Bonchev–Trinajstić information content (AvgIpc) is 2.70. The highest BCUT2D eigenvalue weighted by molar-refractivity contribution is 5.83. The molecule has 19 heavy (non-hydrogen) atoms. The molecule has 1 aliphatic heterocycles. The number of hydrogen-bond acceptors (Lipinski definition) is 4. The van der Waals surface area contributed by atoms with Gasteiger partial charge in [0.05, 0.1) is 18.8 Å². The summed E-state index contributed by atoms with van der Waals surface area (Å²) in [6.07, 6.45) is -0.717. The van der Waals surface area contributed by atoms with Crippen molar-refractivity contribution < 1.29 is 24.5 Å². The van der Waals surface area contributed by atoms with Crippen molar-refractivity contribution in [2.75, 3.05) is 20.3 Å². The Morgan fingerprint density at radius 3 is 2.58 bits per heavy atom. The number of carbonyl (C=O) groups excluding carboxylic acids is 1. The van der Waals surface area contributed by atoms with Gasteiger partial charge in [-0.3, -0.25) is 0 Å². The number of β-amino-alcohol motifs (C(OH)–C–C–N with tert-alkyl or cyclic N) is 1. The van der Waals surface area contributed by atoms with Crippen molar-refractivity contribution in [3.8, 4) is 0 Å². The van der Waals surface area contributed by atoms with Crippen molar-refractivity contribution in [3.05, 3.63) is 0 Å². The highest BCUT2D eigenvalue weighted by atomic mass is 16.5. The van der Waals surface area contributed by atoms with Gasteiger partial charge in [-0.15, -0.1) is 0 Å². The van der Waals surface area contributed by atoms with E-state index in [4.69, 9.17) is 9.84 Å². The third-order valence-corrected chi connectivity index (χ3v) is 3.28. The molecular formula is C12H22N2O5. The van der Waals surface area contributed by atoms with E-state index in [1.165, 1.54) is 0 Å². The number of amides is 2. The maximum absolute atomic E-state index is 12.1. The highest BCUT2D eigenvalue weighted by Crippen LogP contribution is 2.18. The number of aliphatic hydroxyl groups is 1. The van der Waals surface area contributed by atoms with Crippen LogP contribution in [-0.4, -0.2) is 65.6 Å². The lowest BCUT2D eigenvalue weighted by atomic mass is 10.1. The Bertz CT molecular complexity index is 334. The summed E-state index contributed by atoms with van der Waals surface area (Å²) >= 11 is 0. The fourth-order valence-electron chi connectivity index (χ4n) is 2.09. The van der Waals surface area contributed by atoms with Crippen LogP contribution in [0.4, 0.5) is 4.79 Å². The van der Waals surface area contributed by atoms with Crippen LogP contribution in [0, 0.1) is 5.92 Å². The van der Waals surface area contributed by atoms with Crippen LogP contribution in [0.5, 0.6) is 0 Å². The van der Waals surface area contributed by atoms with E-state index >= 15 is 0 Å². The zero-order chi connectivity index (χ0) is 14.6. The average molecular weight is 274 g/mol. The van der Waals surface area contributed by atoms with Crippen LogP contribution in [-0.2, 0) is 9.53 Å². The first-order chi connectivity index (χ1) is 8.86. The third-order valence-electron chi connectivity index (χ3n) is 3.28. The summed E-state index contributed by atoms with van der Waals surface area (Å²) in [6.45, 7) is 4.28. The van der Waals surface area contributed by atoms with Crippen molar-refractivity contribution in [3.63, 3.8) is 0 Å². The molecule has 3 N–H and O–H groups in total. The molecule has 1 unspecified atom stereocenters. The lowest BCUT2D eigenvalue weighted by molar-refractivity contribution is -0.141. The Balaban J connectivity index is 2.67. The lowest BCUT2D eigenvalue weighted by Gasteiger charge is -2.27. The van der Waals surface area contributed by atoms with Gasteiger partial charge in [-0.2, -0.15) is 0 Å². The molecule has 0 aliphatic carbocycles. The molecule has 2 amide bonds. The van der Waals surface area contributed by atoms with Crippen LogP contribution in [0.3, 0.4) is 0 Å². The number of carboxylic acid groups (broad SMARTS) is 1. The quantitative estimate of drug-likeness (QED) is 0.649. The van der Waals surface area contributed by atoms with Gasteiger partial charge in [-0.25, -0.2) is 9.59 Å². The summed E-state index contributed by atoms with van der Waals surface area (Å²) in [5.41, 5.74) is 0. The summed E-state index contributed by atoms with van der Waals surface area (Å²) in [5.74, 6) is -0.931. The Hall–Kier alpha value is -1.34. The molecule has 0 aromatic carbocycles. The number of ether oxygens (including phenoxy) is 1. The number of likely N-dealkylation sites (tertiary alicyclic amines) is 1. The third kappa shape index (κ3) is 4.07. The molecule has 0 saturated carbocycles. The smallest absolute Gasteiger partial charge is 0.326 e. The molecule has 0 aromatic rings. The minimum atomic E-state index is -1.10. The van der Waals surface area contributed by atoms with Gasteiger partial charge in [0.15, 0.2) is 0 Å². The van der Waals surface area contributed by atoms with E-state index < -0.39 is 24.1 Å². The molecule has 0 aromatic heterocycles. The molecule has 1 saturated heterocycles. The lowest BCUT2D eigenvalue weighted by Crippen LogP contribution is -2.51. The zero-order valence-corrected chi connectivity index (χ0v) is 11.5. The maximum Gasteiger partial charge on any atom is 0.326 e. The largest absolute Gasteiger partial charge is 0.480 e. The van der Waals surface area contributed by atoms with Crippen LogP contribution >= 0.6 is 0 Å². The molecule has 7 heteroatoms. The summed E-state index contributed by atoms with van der Waals surface area (Å²) in [4.78, 5) is 24.3. The number of aliphatic hydroxyl groups excluding tert-OH is 1. The SMILES string of the molecule is COCC(NC(=O)N1C[C@H](O)C[C@@H]1C(=O)O)C(C)C. The number of urea groups is 1. The minimum Gasteiger partial charge on any atom is -0.480 e. The van der Waals surface area contributed by atoms with Crippen LogP contribution < -0.4 is 5.32 Å². The topological polar surface area (TPSA) is 99.1 Å². The molecule has 0 bridgehead atoms. The number of nitrogens with zero attached hydrogens (tertiary/aromatic N) is 1. The van der Waals surface area contributed by atoms with Gasteiger partial charge >= 0.3 is 12.0 Å². The number of hydrogen-bond donors (Lipinski definition) is 3. The summed E-state index contributed by atoms with van der Waals surface area (Å²) in [6, 6.07) is -1.63. The molecule has 3 atom stereocenters. The van der Waals surface area contributed by atoms with E-state index in [0.717, 1.165) is 4.90 Å². The monoisotopic (exact) mass is 274 g/mol. The Kier molecular flexibility index (Phi) is 5.56. The van der Waals surface area contributed by atoms with Gasteiger partial charge in [0.1, 0.15) is 6.04 Å². The second-order valence-electron chi connectivity index (χ2n) is 5.15. The van der Waals surface area contributed by atoms with Crippen molar-refractivity contribution in [2.45, 2.75) is 38.5 Å². The molecular weight excluding hydrogens is 252 g/mol. The first kappa shape index (κ1) is 15.7. The fourth-order valence-corrected chi connectivity index (χ4v) is 2.09. The van der Waals surface area contributed by atoms with E-state index in [2.05, 4.69) is 5.32 Å². The zero-order valence-electron chi connectivity index (χ0n) is 11.5. The molecule has 1 fully saturated rings. The van der Waals surface area contributed by atoms with E-state index in [1.807, 2.05) is 13.8 Å². The van der Waals surface area contributed by atoms with Gasteiger partial charge in [-0.05, 0) is 5.92 Å². The van der Waals surface area contributed by atoms with Crippen molar-refractivity contribution >= 4 is 12.0 Å². The Morgan fingerprint density at radius 1 is 1.47 bits per heavy atom. The summed E-state index contributed by atoms with van der Waals surface area (Å²) in [5, 5.41) is 21.3. The molecule has 0 radical (unpaired) electrons. The number of nitrogens with one attached hydrogen (secondary N) is 1. The Morgan fingerprint density at radius 2 is 2.11 bits per heavy atom. The predicted octanol–water partition coefficient (Wildman–Crippen LogP) is -0.113. The molecule has 1 heterocycles. The highest BCUT2D eigenvalue weighted by Gasteiger charge is 2.39. The van der Waals surface area contributed by atoms with Crippen LogP contribution in [0.25, 0.3) is 0 Å². The van der Waals surface area contributed by atoms with Gasteiger partial charge in [0.25, 0.3) is 0 Å². The van der Waals surface area contributed by atoms with Gasteiger partial charge in [0, 0.05) is 20.1 Å². The first-order valence-electron chi connectivity index (χ1n) is 6.33. The number of aliphatic carboxylic acids is 1. The van der Waals surface area contributed by atoms with Crippen molar-refractivity contribution in [1.29, 1.82) is 0 Å². The molecule has 0 spiro atoms. The summed E-state index contributed by atoms with van der Waals surface area (Å²) < 4.78 is 5.03. The van der Waals surface area contributed by atoms with Crippen molar-refractivity contribution in [1.82, 2.24) is 10.2 Å². The number of methoxy groups -OCH3 is 1. The van der Waals surface area contributed by atoms with Gasteiger partial charge in [-0.1, -0.05) is 13.8 Å².